The van der Waals surface area contributed by atoms with Gasteiger partial charge in [-0.2, -0.15) is 9.97 Å². The van der Waals surface area contributed by atoms with Crippen LogP contribution in [-0.4, -0.2) is 45.8 Å². The summed E-state index contributed by atoms with van der Waals surface area (Å²) >= 11 is 12.5. The van der Waals surface area contributed by atoms with Crippen LogP contribution in [0.3, 0.4) is 0 Å². The molecule has 5 aromatic rings. The Bertz CT molecular complexity index is 2180. The third kappa shape index (κ3) is 5.52. The number of nitrogens with zero attached hydrogens (tertiary/aromatic N) is 6. The normalized spacial score (nSPS) is 11.4. The number of aromatic nitrogens is 6. The van der Waals surface area contributed by atoms with E-state index in [1.54, 1.807) is 36.4 Å². The van der Waals surface area contributed by atoms with E-state index in [1.165, 1.54) is 42.5 Å². The molecule has 5 rings (SSSR count). The number of hydrogen-bond donors (Lipinski definition) is 2. The summed E-state index contributed by atoms with van der Waals surface area (Å²) in [5, 5.41) is 21.4. The molecule has 2 aromatic carbocycles. The second kappa shape index (κ2) is 11.7. The molecule has 0 aliphatic heterocycles. The lowest BCUT2D eigenvalue weighted by atomic mass is 10.2. The molecule has 15 nitrogen and oxygen atoms in total. The molecule has 0 unspecified atom stereocenters. The lowest BCUT2D eigenvalue weighted by molar-refractivity contribution is -0.387. The van der Waals surface area contributed by atoms with E-state index in [-0.39, 0.29) is 41.0 Å². The van der Waals surface area contributed by atoms with Crippen LogP contribution in [0.5, 0.6) is 23.4 Å². The molecule has 0 saturated heterocycles. The predicted molar refractivity (Wildman–Crippen MR) is 161 cm³/mol. The van der Waals surface area contributed by atoms with Crippen molar-refractivity contribution in [3.05, 3.63) is 105 Å². The lowest BCUT2D eigenvalue weighted by Gasteiger charge is -2.13. The Morgan fingerprint density at radius 2 is 1.80 bits per heavy atom. The van der Waals surface area contributed by atoms with Gasteiger partial charge in [0, 0.05) is 24.1 Å². The first-order valence-electron chi connectivity index (χ1n) is 12.5. The van der Waals surface area contributed by atoms with Crippen molar-refractivity contribution >= 4 is 52.2 Å². The van der Waals surface area contributed by atoms with Gasteiger partial charge >= 0.3 is 22.9 Å². The average Bonchev–Trinajstić information content (AvgIpc) is 3.32. The van der Waals surface area contributed by atoms with Crippen LogP contribution >= 0.6 is 23.2 Å². The van der Waals surface area contributed by atoms with Crippen molar-refractivity contribution in [1.29, 1.82) is 0 Å². The van der Waals surface area contributed by atoms with Crippen LogP contribution in [-0.2, 0) is 20.6 Å². The van der Waals surface area contributed by atoms with Gasteiger partial charge in [0.05, 0.1) is 18.6 Å². The molecular formula is C27H21Cl2N7O8. The van der Waals surface area contributed by atoms with Gasteiger partial charge < -0.3 is 19.6 Å². The van der Waals surface area contributed by atoms with E-state index in [9.17, 15) is 29.6 Å². The molecule has 3 aromatic heterocycles. The van der Waals surface area contributed by atoms with Crippen molar-refractivity contribution in [2.24, 2.45) is 14.1 Å². The van der Waals surface area contributed by atoms with Crippen LogP contribution in [0.25, 0.3) is 23.3 Å². The number of aryl methyl sites for hydroxylation is 1. The molecule has 0 amide bonds. The molecule has 44 heavy (non-hydrogen) atoms. The zero-order chi connectivity index (χ0) is 31.9. The molecule has 2 N–H and O–H groups in total. The van der Waals surface area contributed by atoms with Crippen molar-refractivity contribution in [3.8, 4) is 23.4 Å². The predicted octanol–water partition coefficient (Wildman–Crippen LogP) is 3.46. The third-order valence-corrected chi connectivity index (χ3v) is 7.14. The highest BCUT2D eigenvalue weighted by molar-refractivity contribution is 6.35. The number of imidazole rings is 1. The maximum absolute atomic E-state index is 13.2. The molecule has 0 bridgehead atoms. The second-order valence-electron chi connectivity index (χ2n) is 9.32. The number of benzene rings is 2. The van der Waals surface area contributed by atoms with E-state index in [0.29, 0.717) is 21.2 Å². The van der Waals surface area contributed by atoms with Gasteiger partial charge in [-0.1, -0.05) is 41.4 Å². The summed E-state index contributed by atoms with van der Waals surface area (Å²) in [7, 11) is 4.24. The third-order valence-electron chi connectivity index (χ3n) is 6.56. The Kier molecular flexibility index (Phi) is 7.99. The molecule has 17 heteroatoms. The minimum Gasteiger partial charge on any atom is -0.493 e. The van der Waals surface area contributed by atoms with Gasteiger partial charge in [0.25, 0.3) is 11.4 Å². The molecule has 3 heterocycles. The van der Waals surface area contributed by atoms with Crippen molar-refractivity contribution in [1.82, 2.24) is 28.7 Å². The first kappa shape index (κ1) is 30.1. The van der Waals surface area contributed by atoms with Crippen LogP contribution in [0.1, 0.15) is 17.0 Å². The number of aromatic hydroxyl groups is 1. The largest absolute Gasteiger partial charge is 0.493 e. The first-order valence-corrected chi connectivity index (χ1v) is 13.3. The summed E-state index contributed by atoms with van der Waals surface area (Å²) < 4.78 is 15.3. The summed E-state index contributed by atoms with van der Waals surface area (Å²) in [6.07, 6.45) is 2.83. The van der Waals surface area contributed by atoms with Crippen LogP contribution in [0, 0.1) is 10.1 Å². The molecule has 226 valence electrons. The SMILES string of the molecule is COc1cc(/C=C/c2nc(O)c([N+](=O)[O-])c(=O)[nH]2)ccc1Oc1nc2c(c(=O)n(C)c(=O)n2C)n1Cc1ccc(Cl)cc1Cl. The summed E-state index contributed by atoms with van der Waals surface area (Å²) in [6, 6.07) is 9.62. The first-order chi connectivity index (χ1) is 20.9. The standard InChI is InChI=1S/C27H21Cl2N7O8/c1-33-22-20(25(39)34(2)27(33)40)35(12-14-6-7-15(28)11-16(14)29)26(32-22)44-17-8-4-13(10-18(17)43-3)5-9-19-30-23(37)21(36(41)42)24(38)31-19/h4-11H,12H2,1-3H3,(H2,30,31,37,38)/b9-5+. The maximum atomic E-state index is 13.2. The molecule has 0 spiro atoms. The number of halogens is 2. The maximum Gasteiger partial charge on any atom is 0.395 e. The highest BCUT2D eigenvalue weighted by atomic mass is 35.5. The van der Waals surface area contributed by atoms with E-state index in [4.69, 9.17) is 32.7 Å². The fourth-order valence-electron chi connectivity index (χ4n) is 4.33. The molecule has 0 saturated carbocycles. The molecule has 0 atom stereocenters. The minimum absolute atomic E-state index is 0.0333. The Labute approximate surface area is 255 Å². The highest BCUT2D eigenvalue weighted by Crippen LogP contribution is 2.34. The number of ether oxygens (including phenoxy) is 2. The number of hydrogen-bond acceptors (Lipinski definition) is 10. The average molecular weight is 642 g/mol. The summed E-state index contributed by atoms with van der Waals surface area (Å²) in [5.74, 6) is -0.705. The van der Waals surface area contributed by atoms with E-state index in [1.807, 2.05) is 0 Å². The van der Waals surface area contributed by atoms with Crippen molar-refractivity contribution in [3.63, 3.8) is 0 Å². The van der Waals surface area contributed by atoms with E-state index in [2.05, 4.69) is 15.0 Å². The number of nitrogens with one attached hydrogen (secondary N) is 1. The smallest absolute Gasteiger partial charge is 0.395 e. The quantitative estimate of drug-likeness (QED) is 0.187. The van der Waals surface area contributed by atoms with Gasteiger partial charge in [-0.25, -0.2) is 4.79 Å². The Morgan fingerprint density at radius 3 is 2.45 bits per heavy atom. The fourth-order valence-corrected chi connectivity index (χ4v) is 4.80. The molecule has 0 radical (unpaired) electrons. The van der Waals surface area contributed by atoms with Crippen LogP contribution in [0.4, 0.5) is 5.69 Å². The van der Waals surface area contributed by atoms with Gasteiger partial charge in [-0.15, -0.1) is 0 Å². The lowest BCUT2D eigenvalue weighted by Crippen LogP contribution is -2.37. The van der Waals surface area contributed by atoms with Gasteiger partial charge in [-0.3, -0.25) is 33.4 Å². The second-order valence-corrected chi connectivity index (χ2v) is 10.2. The number of H-pyrrole nitrogens is 1. The Hall–Kier alpha value is -5.41. The van der Waals surface area contributed by atoms with E-state index >= 15 is 0 Å². The van der Waals surface area contributed by atoms with Crippen LogP contribution < -0.4 is 26.3 Å². The highest BCUT2D eigenvalue weighted by Gasteiger charge is 2.23. The molecule has 0 aliphatic rings. The van der Waals surface area contributed by atoms with E-state index in [0.717, 1.165) is 4.57 Å². The summed E-state index contributed by atoms with van der Waals surface area (Å²) in [6.45, 7) is 0.0473. The number of nitro groups is 1. The fraction of sp³-hybridized carbons (Fsp3) is 0.148. The van der Waals surface area contributed by atoms with Crippen LogP contribution in [0.15, 0.2) is 50.8 Å². The Balaban J connectivity index is 1.55. The van der Waals surface area contributed by atoms with Gasteiger partial charge in [0.1, 0.15) is 5.82 Å². The molecular weight excluding hydrogens is 621 g/mol. The minimum atomic E-state index is -1.11. The Morgan fingerprint density at radius 1 is 1.05 bits per heavy atom. The molecule has 0 aliphatic carbocycles. The van der Waals surface area contributed by atoms with Crippen molar-refractivity contribution in [2.45, 2.75) is 6.54 Å². The number of methoxy groups -OCH3 is 1. The molecule has 0 fully saturated rings. The van der Waals surface area contributed by atoms with Crippen molar-refractivity contribution in [2.75, 3.05) is 7.11 Å². The summed E-state index contributed by atoms with van der Waals surface area (Å²) in [4.78, 5) is 58.0. The van der Waals surface area contributed by atoms with Gasteiger partial charge in [0.2, 0.25) is 0 Å². The number of fused-ring (bicyclic) bond motifs is 1. The zero-order valence-electron chi connectivity index (χ0n) is 23.1. The number of rotatable bonds is 8. The van der Waals surface area contributed by atoms with E-state index < -0.39 is 33.3 Å². The van der Waals surface area contributed by atoms with Crippen LogP contribution in [0.2, 0.25) is 10.0 Å². The topological polar surface area (TPSA) is 189 Å². The summed E-state index contributed by atoms with van der Waals surface area (Å²) in [5.41, 5.74) is -2.02. The number of aromatic amines is 1. The van der Waals surface area contributed by atoms with Gasteiger partial charge in [-0.05, 0) is 41.5 Å². The van der Waals surface area contributed by atoms with Crippen molar-refractivity contribution < 1.29 is 19.5 Å². The monoisotopic (exact) mass is 641 g/mol. The van der Waals surface area contributed by atoms with Gasteiger partial charge in [0.15, 0.2) is 22.7 Å². The zero-order valence-corrected chi connectivity index (χ0v) is 24.6.